The second-order valence-corrected chi connectivity index (χ2v) is 11.0. The third-order valence-electron chi connectivity index (χ3n) is 8.24. The Hall–Kier alpha value is -3.16. The van der Waals surface area contributed by atoms with Crippen LogP contribution < -0.4 is 10.1 Å². The minimum Gasteiger partial charge on any atom is -0.508 e. The number of hydrogen-bond acceptors (Lipinski definition) is 6. The fourth-order valence-electron chi connectivity index (χ4n) is 6.28. The van der Waals surface area contributed by atoms with Gasteiger partial charge in [0, 0.05) is 37.5 Å². The zero-order valence-electron chi connectivity index (χ0n) is 21.4. The molecule has 7 nitrogen and oxygen atoms in total. The van der Waals surface area contributed by atoms with Crippen molar-refractivity contribution in [3.8, 4) is 11.5 Å². The van der Waals surface area contributed by atoms with Crippen LogP contribution in [0.15, 0.2) is 54.6 Å². The van der Waals surface area contributed by atoms with Gasteiger partial charge in [-0.2, -0.15) is 0 Å². The van der Waals surface area contributed by atoms with Crippen molar-refractivity contribution in [3.63, 3.8) is 0 Å². The zero-order chi connectivity index (χ0) is 26.0. The van der Waals surface area contributed by atoms with E-state index in [-0.39, 0.29) is 23.7 Å². The van der Waals surface area contributed by atoms with Gasteiger partial charge in [0.15, 0.2) is 0 Å². The highest BCUT2D eigenvalue weighted by Gasteiger charge is 2.57. The molecule has 5 rings (SSSR count). The molecule has 3 unspecified atom stereocenters. The number of amides is 1. The van der Waals surface area contributed by atoms with Crippen LogP contribution in [0.1, 0.15) is 56.6 Å². The van der Waals surface area contributed by atoms with E-state index >= 15 is 0 Å². The lowest BCUT2D eigenvalue weighted by Crippen LogP contribution is -2.67. The summed E-state index contributed by atoms with van der Waals surface area (Å²) in [6.07, 6.45) is 8.35. The largest absolute Gasteiger partial charge is 0.508 e. The molecule has 0 spiro atoms. The van der Waals surface area contributed by atoms with E-state index in [1.165, 1.54) is 25.8 Å². The van der Waals surface area contributed by atoms with E-state index in [1.807, 2.05) is 24.3 Å². The molecule has 1 amide bonds. The number of rotatable bonds is 7. The van der Waals surface area contributed by atoms with Crippen LogP contribution in [0.2, 0.25) is 0 Å². The van der Waals surface area contributed by atoms with Gasteiger partial charge < -0.3 is 25.2 Å². The monoisotopic (exact) mass is 504 g/mol. The number of carbonyl (C=O) groups is 2. The van der Waals surface area contributed by atoms with Gasteiger partial charge in [0.1, 0.15) is 11.5 Å². The molecule has 0 bridgehead atoms. The van der Waals surface area contributed by atoms with Crippen molar-refractivity contribution >= 4 is 18.0 Å². The fourth-order valence-corrected chi connectivity index (χ4v) is 6.28. The summed E-state index contributed by atoms with van der Waals surface area (Å²) in [4.78, 5) is 26.8. The molecule has 37 heavy (non-hydrogen) atoms. The van der Waals surface area contributed by atoms with Crippen LogP contribution in [0.3, 0.4) is 0 Å². The molecule has 0 aromatic heterocycles. The van der Waals surface area contributed by atoms with Crippen molar-refractivity contribution in [2.45, 2.75) is 62.5 Å². The lowest BCUT2D eigenvalue weighted by atomic mass is 9.55. The number of likely N-dealkylation sites (tertiary alicyclic amines) is 1. The molecule has 1 saturated heterocycles. The first-order chi connectivity index (χ1) is 17.7. The number of phenolic OH excluding ortho intramolecular Hbond substituents is 1. The van der Waals surface area contributed by atoms with Crippen LogP contribution in [-0.4, -0.2) is 58.3 Å². The summed E-state index contributed by atoms with van der Waals surface area (Å²) in [6.45, 7) is 3.91. The number of aromatic hydroxyl groups is 1. The number of piperidine rings is 1. The van der Waals surface area contributed by atoms with Gasteiger partial charge in [-0.3, -0.25) is 9.59 Å². The summed E-state index contributed by atoms with van der Waals surface area (Å²) >= 11 is 0. The van der Waals surface area contributed by atoms with Gasteiger partial charge in [-0.05, 0) is 92.5 Å². The van der Waals surface area contributed by atoms with Crippen LogP contribution in [-0.2, 0) is 15.0 Å². The van der Waals surface area contributed by atoms with Crippen LogP contribution in [0.5, 0.6) is 11.5 Å². The van der Waals surface area contributed by atoms with E-state index < -0.39 is 11.0 Å². The maximum absolute atomic E-state index is 12.8. The molecule has 3 N–H and O–H groups in total. The van der Waals surface area contributed by atoms with Crippen molar-refractivity contribution in [1.82, 2.24) is 10.2 Å². The number of ether oxygens (including phenoxy) is 1. The van der Waals surface area contributed by atoms with Crippen LogP contribution in [0.4, 0.5) is 0 Å². The number of esters is 1. The molecule has 7 heteroatoms. The first-order valence-electron chi connectivity index (χ1n) is 13.3. The van der Waals surface area contributed by atoms with Gasteiger partial charge in [-0.25, -0.2) is 0 Å². The molecule has 2 aromatic rings. The predicted octanol–water partition coefficient (Wildman–Crippen LogP) is 3.78. The molecule has 2 aliphatic carbocycles. The van der Waals surface area contributed by atoms with E-state index in [2.05, 4.69) is 10.2 Å². The Balaban J connectivity index is 1.37. The summed E-state index contributed by atoms with van der Waals surface area (Å²) in [6, 6.07) is 14.2. The number of carbonyl (C=O) groups excluding carboxylic acids is 2. The van der Waals surface area contributed by atoms with Gasteiger partial charge in [0.2, 0.25) is 5.91 Å². The van der Waals surface area contributed by atoms with Crippen LogP contribution in [0, 0.1) is 5.92 Å². The van der Waals surface area contributed by atoms with Crippen molar-refractivity contribution in [2.75, 3.05) is 19.6 Å². The van der Waals surface area contributed by atoms with Crippen molar-refractivity contribution < 1.29 is 24.5 Å². The highest BCUT2D eigenvalue weighted by Crippen LogP contribution is 2.52. The standard InChI is InChI=1S/C30H36N2O5/c1-21(33)37-27-7-3-5-24(17-27)29-14-15-32(19-23-8-9-23)20-30(29,36)13-12-25(18-29)31-28(35)11-10-22-4-2-6-26(34)16-22/h2-7,10-11,16-17,23,25,34,36H,8-9,12-15,18-20H2,1H3,(H,31,35). The van der Waals surface area contributed by atoms with Gasteiger partial charge in [0.25, 0.3) is 0 Å². The van der Waals surface area contributed by atoms with E-state index in [9.17, 15) is 19.8 Å². The van der Waals surface area contributed by atoms with Gasteiger partial charge in [-0.15, -0.1) is 0 Å². The molecule has 3 aliphatic rings. The maximum Gasteiger partial charge on any atom is 0.308 e. The number of phenols is 1. The SMILES string of the molecule is CC(=O)Oc1cccc(C23CCN(CC4CC4)CC2(O)CCC(NC(=O)C=Cc2cccc(O)c2)C3)c1. The van der Waals surface area contributed by atoms with Crippen molar-refractivity contribution in [1.29, 1.82) is 0 Å². The summed E-state index contributed by atoms with van der Waals surface area (Å²) in [7, 11) is 0. The lowest BCUT2D eigenvalue weighted by molar-refractivity contribution is -0.133. The molecule has 3 fully saturated rings. The molecule has 2 saturated carbocycles. The van der Waals surface area contributed by atoms with Gasteiger partial charge >= 0.3 is 5.97 Å². The first-order valence-corrected chi connectivity index (χ1v) is 13.3. The Morgan fingerprint density at radius 3 is 2.70 bits per heavy atom. The molecular weight excluding hydrogens is 468 g/mol. The topological polar surface area (TPSA) is 99.1 Å². The number of fused-ring (bicyclic) bond motifs is 1. The molecule has 3 atom stereocenters. The van der Waals surface area contributed by atoms with E-state index in [0.29, 0.717) is 31.6 Å². The molecule has 1 aliphatic heterocycles. The van der Waals surface area contributed by atoms with Gasteiger partial charge in [-0.1, -0.05) is 24.3 Å². The summed E-state index contributed by atoms with van der Waals surface area (Å²) < 4.78 is 5.38. The molecule has 2 aromatic carbocycles. The summed E-state index contributed by atoms with van der Waals surface area (Å²) in [5.41, 5.74) is 0.200. The number of aliphatic hydroxyl groups is 1. The lowest BCUT2D eigenvalue weighted by Gasteiger charge is -2.58. The minimum atomic E-state index is -0.937. The first kappa shape index (κ1) is 25.5. The number of β-amino-alcohol motifs (C(OH)–C–C–N with tert-alkyl or cyclic N) is 1. The molecule has 1 heterocycles. The Morgan fingerprint density at radius 2 is 1.95 bits per heavy atom. The van der Waals surface area contributed by atoms with Crippen LogP contribution in [0.25, 0.3) is 6.08 Å². The molecule has 196 valence electrons. The average molecular weight is 505 g/mol. The van der Waals surface area contributed by atoms with Crippen LogP contribution >= 0.6 is 0 Å². The Labute approximate surface area is 218 Å². The minimum absolute atomic E-state index is 0.103. The summed E-state index contributed by atoms with van der Waals surface area (Å²) in [5.74, 6) is 0.796. The number of hydrogen-bond donors (Lipinski definition) is 3. The second kappa shape index (κ2) is 10.3. The predicted molar refractivity (Wildman–Crippen MR) is 141 cm³/mol. The highest BCUT2D eigenvalue weighted by molar-refractivity contribution is 5.92. The Kier molecular flexibility index (Phi) is 7.10. The molecule has 0 radical (unpaired) electrons. The summed E-state index contributed by atoms with van der Waals surface area (Å²) in [5, 5.41) is 25.0. The van der Waals surface area contributed by atoms with E-state index in [0.717, 1.165) is 36.6 Å². The third kappa shape index (κ3) is 5.73. The fraction of sp³-hybridized carbons (Fsp3) is 0.467. The Bertz CT molecular complexity index is 1190. The Morgan fingerprint density at radius 1 is 1.14 bits per heavy atom. The molecular formula is C30H36N2O5. The van der Waals surface area contributed by atoms with Gasteiger partial charge in [0.05, 0.1) is 5.60 Å². The van der Waals surface area contributed by atoms with E-state index in [1.54, 1.807) is 30.3 Å². The number of nitrogens with zero attached hydrogens (tertiary/aromatic N) is 1. The van der Waals surface area contributed by atoms with Crippen molar-refractivity contribution in [2.24, 2.45) is 5.92 Å². The average Bonchev–Trinajstić information content (AvgIpc) is 3.67. The zero-order valence-corrected chi connectivity index (χ0v) is 21.4. The number of nitrogens with one attached hydrogen (secondary N) is 1. The number of benzene rings is 2. The third-order valence-corrected chi connectivity index (χ3v) is 8.24. The second-order valence-electron chi connectivity index (χ2n) is 11.0. The highest BCUT2D eigenvalue weighted by atomic mass is 16.5. The normalized spacial score (nSPS) is 28.0. The maximum atomic E-state index is 12.8. The van der Waals surface area contributed by atoms with Crippen molar-refractivity contribution in [3.05, 3.63) is 65.7 Å². The van der Waals surface area contributed by atoms with E-state index in [4.69, 9.17) is 4.74 Å². The smallest absolute Gasteiger partial charge is 0.308 e. The quantitative estimate of drug-likeness (QED) is 0.302.